The van der Waals surface area contributed by atoms with Crippen LogP contribution < -0.4 is 11.5 Å². The first-order chi connectivity index (χ1) is 11.5. The summed E-state index contributed by atoms with van der Waals surface area (Å²) in [6.07, 6.45) is 7.32. The van der Waals surface area contributed by atoms with E-state index in [0.29, 0.717) is 19.3 Å². The van der Waals surface area contributed by atoms with E-state index in [1.54, 1.807) is 23.5 Å². The first-order valence-corrected chi connectivity index (χ1v) is 11.1. The molecule has 6 nitrogen and oxygen atoms in total. The molecule has 0 radical (unpaired) electrons. The van der Waals surface area contributed by atoms with Crippen LogP contribution in [0.5, 0.6) is 0 Å². The van der Waals surface area contributed by atoms with Gasteiger partial charge in [-0.25, -0.2) is 0 Å². The maximum absolute atomic E-state index is 12.0. The highest BCUT2D eigenvalue weighted by molar-refractivity contribution is 7.98. The summed E-state index contributed by atoms with van der Waals surface area (Å²) < 4.78 is 10.6. The van der Waals surface area contributed by atoms with Gasteiger partial charge in [-0.2, -0.15) is 23.5 Å². The SMILES string of the molecule is CCCCCC(OC(=O)[C@@H](N)CCSC)OC(=O)[C@@H](N)CCSC. The monoisotopic (exact) mass is 380 g/mol. The predicted octanol–water partition coefficient (Wildman–Crippen LogP) is 2.14. The van der Waals surface area contributed by atoms with E-state index in [1.165, 1.54) is 0 Å². The lowest BCUT2D eigenvalue weighted by Gasteiger charge is -2.22. The highest BCUT2D eigenvalue weighted by Crippen LogP contribution is 2.12. The maximum atomic E-state index is 12.0. The van der Waals surface area contributed by atoms with Crippen molar-refractivity contribution in [1.29, 1.82) is 0 Å². The smallest absolute Gasteiger partial charge is 0.326 e. The van der Waals surface area contributed by atoms with Crippen LogP contribution in [0, 0.1) is 0 Å². The molecule has 0 aromatic rings. The minimum Gasteiger partial charge on any atom is -0.424 e. The van der Waals surface area contributed by atoms with E-state index in [-0.39, 0.29) is 0 Å². The van der Waals surface area contributed by atoms with Gasteiger partial charge in [-0.05, 0) is 43.3 Å². The molecule has 0 unspecified atom stereocenters. The van der Waals surface area contributed by atoms with E-state index in [1.807, 2.05) is 12.5 Å². The van der Waals surface area contributed by atoms with Gasteiger partial charge >= 0.3 is 11.9 Å². The summed E-state index contributed by atoms with van der Waals surface area (Å²) in [5.74, 6) is 0.485. The maximum Gasteiger partial charge on any atom is 0.326 e. The van der Waals surface area contributed by atoms with E-state index in [4.69, 9.17) is 20.9 Å². The van der Waals surface area contributed by atoms with Crippen molar-refractivity contribution in [3.8, 4) is 0 Å². The molecule has 0 aliphatic heterocycles. The second-order valence-electron chi connectivity index (χ2n) is 5.58. The standard InChI is InChI=1S/C16H32N2O4S2/c1-4-5-6-7-14(21-15(19)12(17)8-10-23-2)22-16(20)13(18)9-11-24-3/h12-14H,4-11,17-18H2,1-3H3/t12-,13-/m0/s1. The third-order valence-electron chi connectivity index (χ3n) is 3.41. The molecule has 0 rings (SSSR count). The molecule has 0 heterocycles. The Morgan fingerprint density at radius 1 is 0.875 bits per heavy atom. The third-order valence-corrected chi connectivity index (χ3v) is 4.70. The summed E-state index contributed by atoms with van der Waals surface area (Å²) in [7, 11) is 0. The fourth-order valence-corrected chi connectivity index (χ4v) is 2.84. The molecule has 0 fully saturated rings. The topological polar surface area (TPSA) is 105 Å². The normalized spacial score (nSPS) is 13.6. The molecule has 0 saturated heterocycles. The summed E-state index contributed by atoms with van der Waals surface area (Å²) in [4.78, 5) is 24.1. The molecule has 0 aromatic heterocycles. The quantitative estimate of drug-likeness (QED) is 0.268. The molecule has 0 spiro atoms. The Kier molecular flexibility index (Phi) is 14.6. The van der Waals surface area contributed by atoms with Crippen LogP contribution in [0.15, 0.2) is 0 Å². The van der Waals surface area contributed by atoms with Crippen molar-refractivity contribution < 1.29 is 19.1 Å². The van der Waals surface area contributed by atoms with E-state index in [9.17, 15) is 9.59 Å². The summed E-state index contributed by atoms with van der Waals surface area (Å²) >= 11 is 3.23. The van der Waals surface area contributed by atoms with Crippen molar-refractivity contribution in [3.63, 3.8) is 0 Å². The highest BCUT2D eigenvalue weighted by atomic mass is 32.2. The minimum absolute atomic E-state index is 0.468. The van der Waals surface area contributed by atoms with E-state index in [2.05, 4.69) is 6.92 Å². The average Bonchev–Trinajstić information content (AvgIpc) is 2.57. The Balaban J connectivity index is 4.55. The van der Waals surface area contributed by atoms with E-state index < -0.39 is 30.3 Å². The minimum atomic E-state index is -0.905. The van der Waals surface area contributed by atoms with Crippen molar-refractivity contribution >= 4 is 35.5 Å². The van der Waals surface area contributed by atoms with E-state index in [0.717, 1.165) is 30.8 Å². The number of hydrogen-bond acceptors (Lipinski definition) is 8. The van der Waals surface area contributed by atoms with Gasteiger partial charge in [0.1, 0.15) is 12.1 Å². The molecule has 0 aromatic carbocycles. The van der Waals surface area contributed by atoms with Crippen LogP contribution >= 0.6 is 23.5 Å². The Hall–Kier alpha value is -0.440. The van der Waals surface area contributed by atoms with Crippen LogP contribution in [-0.4, -0.2) is 54.3 Å². The number of carbonyl (C=O) groups excluding carboxylic acids is 2. The predicted molar refractivity (Wildman–Crippen MR) is 102 cm³/mol. The zero-order valence-electron chi connectivity index (χ0n) is 15.0. The number of thioether (sulfide) groups is 2. The fraction of sp³-hybridized carbons (Fsp3) is 0.875. The number of rotatable bonds is 14. The second-order valence-corrected chi connectivity index (χ2v) is 7.55. The molecule has 142 valence electrons. The van der Waals surface area contributed by atoms with Crippen LogP contribution in [-0.2, 0) is 19.1 Å². The highest BCUT2D eigenvalue weighted by Gasteiger charge is 2.25. The summed E-state index contributed by atoms with van der Waals surface area (Å²) in [6.45, 7) is 2.07. The first-order valence-electron chi connectivity index (χ1n) is 8.36. The number of ether oxygens (including phenoxy) is 2. The summed E-state index contributed by atoms with van der Waals surface area (Å²) in [5.41, 5.74) is 11.6. The third kappa shape index (κ3) is 11.2. The summed E-state index contributed by atoms with van der Waals surface area (Å²) in [6, 6.07) is -1.40. The van der Waals surface area contributed by atoms with Crippen LogP contribution in [0.1, 0.15) is 45.4 Å². The molecule has 8 heteroatoms. The van der Waals surface area contributed by atoms with Gasteiger partial charge in [0.25, 0.3) is 0 Å². The van der Waals surface area contributed by atoms with Crippen molar-refractivity contribution in [2.24, 2.45) is 11.5 Å². The number of hydrogen-bond donors (Lipinski definition) is 2. The molecule has 0 amide bonds. The molecule has 4 N–H and O–H groups in total. The second kappa shape index (κ2) is 14.9. The first kappa shape index (κ1) is 23.6. The summed E-state index contributed by atoms with van der Waals surface area (Å²) in [5, 5.41) is 0. The Bertz CT molecular complexity index is 331. The van der Waals surface area contributed by atoms with Crippen LogP contribution in [0.25, 0.3) is 0 Å². The molecular formula is C16H32N2O4S2. The average molecular weight is 381 g/mol. The van der Waals surface area contributed by atoms with Crippen molar-refractivity contribution in [2.45, 2.75) is 63.8 Å². The van der Waals surface area contributed by atoms with Crippen LogP contribution in [0.4, 0.5) is 0 Å². The lowest BCUT2D eigenvalue weighted by molar-refractivity contribution is -0.191. The molecular weight excluding hydrogens is 348 g/mol. The van der Waals surface area contributed by atoms with Crippen molar-refractivity contribution in [1.82, 2.24) is 0 Å². The molecule has 24 heavy (non-hydrogen) atoms. The lowest BCUT2D eigenvalue weighted by atomic mass is 10.2. The largest absolute Gasteiger partial charge is 0.424 e. The van der Waals surface area contributed by atoms with Gasteiger partial charge in [0.2, 0.25) is 6.29 Å². The van der Waals surface area contributed by atoms with Gasteiger partial charge in [0, 0.05) is 6.42 Å². The molecule has 0 bridgehead atoms. The Morgan fingerprint density at radius 3 is 1.71 bits per heavy atom. The molecule has 2 atom stereocenters. The molecule has 0 aliphatic carbocycles. The van der Waals surface area contributed by atoms with Crippen molar-refractivity contribution in [2.75, 3.05) is 24.0 Å². The number of carbonyl (C=O) groups is 2. The van der Waals surface area contributed by atoms with Gasteiger partial charge in [-0.1, -0.05) is 19.8 Å². The van der Waals surface area contributed by atoms with Crippen LogP contribution in [0.2, 0.25) is 0 Å². The number of esters is 2. The number of unbranched alkanes of at least 4 members (excludes halogenated alkanes) is 2. The van der Waals surface area contributed by atoms with Gasteiger partial charge < -0.3 is 20.9 Å². The van der Waals surface area contributed by atoms with Gasteiger partial charge in [-0.15, -0.1) is 0 Å². The lowest BCUT2D eigenvalue weighted by Crippen LogP contribution is -2.40. The van der Waals surface area contributed by atoms with Gasteiger partial charge in [-0.3, -0.25) is 9.59 Å². The molecule has 0 saturated carbocycles. The fourth-order valence-electron chi connectivity index (χ4n) is 1.86. The van der Waals surface area contributed by atoms with Crippen molar-refractivity contribution in [3.05, 3.63) is 0 Å². The van der Waals surface area contributed by atoms with E-state index >= 15 is 0 Å². The molecule has 0 aliphatic rings. The zero-order chi connectivity index (χ0) is 18.4. The van der Waals surface area contributed by atoms with Gasteiger partial charge in [0.15, 0.2) is 0 Å². The number of nitrogens with two attached hydrogens (primary N) is 2. The van der Waals surface area contributed by atoms with Crippen LogP contribution in [0.3, 0.4) is 0 Å². The van der Waals surface area contributed by atoms with Gasteiger partial charge in [0.05, 0.1) is 0 Å². The zero-order valence-corrected chi connectivity index (χ0v) is 16.6. The Morgan fingerprint density at radius 2 is 1.33 bits per heavy atom. The Labute approximate surface area is 154 Å².